The number of nitrogens with one attached hydrogen (secondary N) is 1. The van der Waals surface area contributed by atoms with E-state index in [1.807, 2.05) is 36.4 Å². The van der Waals surface area contributed by atoms with Crippen molar-refractivity contribution in [2.45, 2.75) is 46.0 Å². The fourth-order valence-corrected chi connectivity index (χ4v) is 2.69. The van der Waals surface area contributed by atoms with Crippen LogP contribution in [0.3, 0.4) is 0 Å². The lowest BCUT2D eigenvalue weighted by Gasteiger charge is -2.19. The summed E-state index contributed by atoms with van der Waals surface area (Å²) < 4.78 is 11.3. The van der Waals surface area contributed by atoms with Gasteiger partial charge in [0.25, 0.3) is 5.91 Å². The molecule has 0 aliphatic carbocycles. The predicted octanol–water partition coefficient (Wildman–Crippen LogP) is 4.68. The lowest BCUT2D eigenvalue weighted by molar-refractivity contribution is -0.123. The number of ether oxygens (including phenoxy) is 2. The van der Waals surface area contributed by atoms with Crippen LogP contribution in [-0.4, -0.2) is 25.7 Å². The maximum atomic E-state index is 12.0. The van der Waals surface area contributed by atoms with E-state index in [2.05, 4.69) is 52.1 Å². The van der Waals surface area contributed by atoms with Crippen molar-refractivity contribution in [3.8, 4) is 11.5 Å². The molecule has 0 aliphatic rings. The summed E-state index contributed by atoms with van der Waals surface area (Å²) in [6.07, 6.45) is 0. The molecule has 4 heteroatoms. The summed E-state index contributed by atoms with van der Waals surface area (Å²) in [5.74, 6) is 1.76. The van der Waals surface area contributed by atoms with Gasteiger partial charge >= 0.3 is 0 Å². The van der Waals surface area contributed by atoms with Gasteiger partial charge in [0.05, 0.1) is 6.54 Å². The van der Waals surface area contributed by atoms with E-state index < -0.39 is 0 Å². The van der Waals surface area contributed by atoms with Gasteiger partial charge in [-0.3, -0.25) is 4.79 Å². The Morgan fingerprint density at radius 3 is 2.30 bits per heavy atom. The van der Waals surface area contributed by atoms with Crippen LogP contribution in [0.1, 0.15) is 51.7 Å². The molecule has 0 fully saturated rings. The molecule has 0 aromatic heterocycles. The Bertz CT molecular complexity index is 730. The lowest BCUT2D eigenvalue weighted by atomic mass is 9.87. The highest BCUT2D eigenvalue weighted by Gasteiger charge is 2.13. The van der Waals surface area contributed by atoms with E-state index in [0.29, 0.717) is 19.1 Å². The number of para-hydroxylation sites is 1. The molecule has 0 aliphatic heterocycles. The van der Waals surface area contributed by atoms with Crippen molar-refractivity contribution in [1.29, 1.82) is 0 Å². The molecule has 2 aromatic carbocycles. The average Bonchev–Trinajstić information content (AvgIpc) is 2.63. The summed E-state index contributed by atoms with van der Waals surface area (Å²) in [7, 11) is 0. The third-order valence-electron chi connectivity index (χ3n) is 4.31. The molecule has 1 N–H and O–H groups in total. The van der Waals surface area contributed by atoms with Crippen LogP contribution in [0, 0.1) is 0 Å². The fraction of sp³-hybridized carbons (Fsp3) is 0.435. The van der Waals surface area contributed by atoms with Crippen LogP contribution in [0.5, 0.6) is 11.5 Å². The maximum Gasteiger partial charge on any atom is 0.258 e. The zero-order valence-electron chi connectivity index (χ0n) is 17.0. The third kappa shape index (κ3) is 6.63. The second kappa shape index (κ2) is 9.45. The van der Waals surface area contributed by atoms with Crippen LogP contribution in [0.25, 0.3) is 0 Å². The highest BCUT2D eigenvalue weighted by atomic mass is 16.5. The molecule has 0 saturated carbocycles. The summed E-state index contributed by atoms with van der Waals surface area (Å²) in [6.45, 7) is 11.6. The molecule has 0 spiro atoms. The van der Waals surface area contributed by atoms with Crippen molar-refractivity contribution in [3.63, 3.8) is 0 Å². The first-order valence-corrected chi connectivity index (χ1v) is 9.49. The van der Waals surface area contributed by atoms with Gasteiger partial charge in [0.1, 0.15) is 18.1 Å². The molecule has 4 nitrogen and oxygen atoms in total. The number of hydrogen-bond donors (Lipinski definition) is 1. The van der Waals surface area contributed by atoms with Gasteiger partial charge in [0.2, 0.25) is 0 Å². The minimum Gasteiger partial charge on any atom is -0.492 e. The standard InChI is InChI=1S/C23H31NO3/c1-17(2)20-8-6-7-9-21(20)27-16-22(25)24-14-15-26-19-12-10-18(11-13-19)23(3,4)5/h6-13,17H,14-16H2,1-5H3,(H,24,25). The summed E-state index contributed by atoms with van der Waals surface area (Å²) in [4.78, 5) is 12.0. The van der Waals surface area contributed by atoms with Gasteiger partial charge in [0.15, 0.2) is 6.61 Å². The molecular formula is C23H31NO3. The third-order valence-corrected chi connectivity index (χ3v) is 4.31. The molecule has 1 amide bonds. The van der Waals surface area contributed by atoms with Crippen LogP contribution in [0.2, 0.25) is 0 Å². The van der Waals surface area contributed by atoms with Gasteiger partial charge in [-0.25, -0.2) is 0 Å². The first-order chi connectivity index (χ1) is 12.8. The van der Waals surface area contributed by atoms with E-state index >= 15 is 0 Å². The first kappa shape index (κ1) is 20.8. The smallest absolute Gasteiger partial charge is 0.258 e. The number of carbonyl (C=O) groups is 1. The summed E-state index contributed by atoms with van der Waals surface area (Å²) >= 11 is 0. The second-order valence-electron chi connectivity index (χ2n) is 7.95. The summed E-state index contributed by atoms with van der Waals surface area (Å²) in [5.41, 5.74) is 2.50. The second-order valence-corrected chi connectivity index (χ2v) is 7.95. The van der Waals surface area contributed by atoms with Gasteiger partial charge in [-0.1, -0.05) is 65.0 Å². The van der Waals surface area contributed by atoms with Crippen LogP contribution in [-0.2, 0) is 10.2 Å². The van der Waals surface area contributed by atoms with Gasteiger partial charge < -0.3 is 14.8 Å². The molecule has 146 valence electrons. The Labute approximate surface area is 162 Å². The molecule has 0 atom stereocenters. The van der Waals surface area contributed by atoms with Crippen molar-refractivity contribution in [2.24, 2.45) is 0 Å². The quantitative estimate of drug-likeness (QED) is 0.687. The van der Waals surface area contributed by atoms with E-state index in [1.165, 1.54) is 5.56 Å². The molecule has 0 unspecified atom stereocenters. The van der Waals surface area contributed by atoms with Crippen molar-refractivity contribution in [3.05, 3.63) is 59.7 Å². The Morgan fingerprint density at radius 1 is 1.00 bits per heavy atom. The normalized spacial score (nSPS) is 11.3. The Morgan fingerprint density at radius 2 is 1.67 bits per heavy atom. The van der Waals surface area contributed by atoms with Gasteiger partial charge in [-0.15, -0.1) is 0 Å². The summed E-state index contributed by atoms with van der Waals surface area (Å²) in [6, 6.07) is 15.9. The maximum absolute atomic E-state index is 12.0. The van der Waals surface area contributed by atoms with Crippen LogP contribution in [0.4, 0.5) is 0 Å². The molecule has 2 rings (SSSR count). The lowest BCUT2D eigenvalue weighted by Crippen LogP contribution is -2.32. The fourth-order valence-electron chi connectivity index (χ4n) is 2.69. The van der Waals surface area contributed by atoms with Crippen molar-refractivity contribution < 1.29 is 14.3 Å². The largest absolute Gasteiger partial charge is 0.492 e. The molecule has 0 bridgehead atoms. The van der Waals surface area contributed by atoms with Gasteiger partial charge in [-0.05, 0) is 40.7 Å². The number of hydrogen-bond acceptors (Lipinski definition) is 3. The monoisotopic (exact) mass is 369 g/mol. The molecular weight excluding hydrogens is 338 g/mol. The van der Waals surface area contributed by atoms with Crippen LogP contribution < -0.4 is 14.8 Å². The highest BCUT2D eigenvalue weighted by Crippen LogP contribution is 2.26. The van der Waals surface area contributed by atoms with Crippen molar-refractivity contribution in [1.82, 2.24) is 5.32 Å². The van der Waals surface area contributed by atoms with Crippen LogP contribution >= 0.6 is 0 Å². The van der Waals surface area contributed by atoms with E-state index in [-0.39, 0.29) is 17.9 Å². The van der Waals surface area contributed by atoms with E-state index in [9.17, 15) is 4.79 Å². The van der Waals surface area contributed by atoms with E-state index in [4.69, 9.17) is 9.47 Å². The van der Waals surface area contributed by atoms with Crippen molar-refractivity contribution in [2.75, 3.05) is 19.8 Å². The molecule has 0 saturated heterocycles. The van der Waals surface area contributed by atoms with Gasteiger partial charge in [0, 0.05) is 0 Å². The average molecular weight is 370 g/mol. The first-order valence-electron chi connectivity index (χ1n) is 9.49. The molecule has 27 heavy (non-hydrogen) atoms. The zero-order chi connectivity index (χ0) is 19.9. The number of carbonyl (C=O) groups excluding carboxylic acids is 1. The Kier molecular flexibility index (Phi) is 7.28. The zero-order valence-corrected chi connectivity index (χ0v) is 17.0. The number of benzene rings is 2. The topological polar surface area (TPSA) is 47.6 Å². The summed E-state index contributed by atoms with van der Waals surface area (Å²) in [5, 5.41) is 2.82. The molecule has 2 aromatic rings. The van der Waals surface area contributed by atoms with Crippen LogP contribution in [0.15, 0.2) is 48.5 Å². The minimum atomic E-state index is -0.153. The van der Waals surface area contributed by atoms with Crippen molar-refractivity contribution >= 4 is 5.91 Å². The molecule has 0 heterocycles. The Balaban J connectivity index is 1.71. The Hall–Kier alpha value is -2.49. The van der Waals surface area contributed by atoms with Gasteiger partial charge in [-0.2, -0.15) is 0 Å². The minimum absolute atomic E-state index is 0.00398. The predicted molar refractivity (Wildman–Crippen MR) is 110 cm³/mol. The van der Waals surface area contributed by atoms with E-state index in [0.717, 1.165) is 17.1 Å². The van der Waals surface area contributed by atoms with E-state index in [1.54, 1.807) is 0 Å². The molecule has 0 radical (unpaired) electrons. The highest BCUT2D eigenvalue weighted by molar-refractivity contribution is 5.77. The SMILES string of the molecule is CC(C)c1ccccc1OCC(=O)NCCOc1ccc(C(C)(C)C)cc1. The number of amides is 1. The number of rotatable bonds is 8.